The molecular weight excluding hydrogens is 234 g/mol. The van der Waals surface area contributed by atoms with Gasteiger partial charge in [0, 0.05) is 13.6 Å². The van der Waals surface area contributed by atoms with Gasteiger partial charge in [-0.1, -0.05) is 36.4 Å². The Hall–Kier alpha value is -2.78. The van der Waals surface area contributed by atoms with Crippen molar-refractivity contribution >= 4 is 5.69 Å². The van der Waals surface area contributed by atoms with E-state index in [-0.39, 0.29) is 0 Å². The maximum atomic E-state index is 9.17. The third-order valence-electron chi connectivity index (χ3n) is 2.92. The Morgan fingerprint density at radius 2 is 1.47 bits per heavy atom. The zero-order valence-electron chi connectivity index (χ0n) is 10.7. The minimum Gasteiger partial charge on any atom is -0.368 e. The van der Waals surface area contributed by atoms with Crippen LogP contribution in [-0.4, -0.2) is 7.05 Å². The van der Waals surface area contributed by atoms with E-state index in [4.69, 9.17) is 10.5 Å². The number of nitrogens with zero attached hydrogens (tertiary/aromatic N) is 3. The molecule has 0 aliphatic carbocycles. The van der Waals surface area contributed by atoms with Gasteiger partial charge in [0.25, 0.3) is 0 Å². The van der Waals surface area contributed by atoms with Gasteiger partial charge in [-0.15, -0.1) is 0 Å². The molecule has 2 aromatic carbocycles. The first-order valence-corrected chi connectivity index (χ1v) is 5.94. The van der Waals surface area contributed by atoms with E-state index < -0.39 is 0 Å². The fourth-order valence-corrected chi connectivity index (χ4v) is 2.07. The average molecular weight is 247 g/mol. The second kappa shape index (κ2) is 5.71. The summed E-state index contributed by atoms with van der Waals surface area (Å²) in [5.41, 5.74) is 2.88. The van der Waals surface area contributed by atoms with Gasteiger partial charge in [0.15, 0.2) is 0 Å². The largest absolute Gasteiger partial charge is 0.368 e. The van der Waals surface area contributed by atoms with Crippen molar-refractivity contribution < 1.29 is 0 Å². The van der Waals surface area contributed by atoms with Crippen molar-refractivity contribution in [3.05, 3.63) is 65.2 Å². The van der Waals surface area contributed by atoms with Gasteiger partial charge in [-0.05, 0) is 17.7 Å². The minimum atomic E-state index is 0.525. The number of para-hydroxylation sites is 1. The normalized spacial score (nSPS) is 9.42. The topological polar surface area (TPSA) is 50.8 Å². The Labute approximate surface area is 112 Å². The van der Waals surface area contributed by atoms with Gasteiger partial charge < -0.3 is 4.90 Å². The van der Waals surface area contributed by atoms with E-state index >= 15 is 0 Å². The van der Waals surface area contributed by atoms with Crippen LogP contribution in [0.25, 0.3) is 0 Å². The fraction of sp³-hybridized carbons (Fsp3) is 0.125. The molecule has 0 amide bonds. The molecule has 0 aliphatic heterocycles. The Bertz CT molecular complexity index is 616. The number of anilines is 1. The molecule has 0 heterocycles. The number of rotatable bonds is 3. The van der Waals surface area contributed by atoms with Gasteiger partial charge in [0.05, 0.1) is 16.8 Å². The summed E-state index contributed by atoms with van der Waals surface area (Å²) < 4.78 is 0. The summed E-state index contributed by atoms with van der Waals surface area (Å²) in [4.78, 5) is 1.94. The number of nitriles is 2. The zero-order chi connectivity index (χ0) is 13.7. The molecule has 3 nitrogen and oxygen atoms in total. The van der Waals surface area contributed by atoms with Crippen LogP contribution in [0.4, 0.5) is 5.69 Å². The van der Waals surface area contributed by atoms with Crippen LogP contribution in [0.5, 0.6) is 0 Å². The molecule has 19 heavy (non-hydrogen) atoms. The SMILES string of the molecule is CN(Cc1ccccc1)c1c(C#N)cccc1C#N. The summed E-state index contributed by atoms with van der Waals surface area (Å²) in [6.45, 7) is 0.661. The fourth-order valence-electron chi connectivity index (χ4n) is 2.07. The summed E-state index contributed by atoms with van der Waals surface area (Å²) in [6, 6.07) is 19.5. The van der Waals surface area contributed by atoms with Crippen molar-refractivity contribution in [2.75, 3.05) is 11.9 Å². The predicted molar refractivity (Wildman–Crippen MR) is 74.4 cm³/mol. The Balaban J connectivity index is 2.37. The van der Waals surface area contributed by atoms with Crippen LogP contribution in [-0.2, 0) is 6.54 Å². The number of benzene rings is 2. The third kappa shape index (κ3) is 2.73. The van der Waals surface area contributed by atoms with Crippen LogP contribution < -0.4 is 4.90 Å². The summed E-state index contributed by atoms with van der Waals surface area (Å²) in [5.74, 6) is 0. The summed E-state index contributed by atoms with van der Waals surface area (Å²) in [7, 11) is 1.89. The molecule has 2 aromatic rings. The van der Waals surface area contributed by atoms with Crippen LogP contribution in [0.2, 0.25) is 0 Å². The highest BCUT2D eigenvalue weighted by atomic mass is 15.1. The predicted octanol–water partition coefficient (Wildman–Crippen LogP) is 3.07. The third-order valence-corrected chi connectivity index (χ3v) is 2.92. The molecular formula is C16H13N3. The smallest absolute Gasteiger partial charge is 0.101 e. The van der Waals surface area contributed by atoms with Gasteiger partial charge in [-0.25, -0.2) is 0 Å². The van der Waals surface area contributed by atoms with E-state index in [2.05, 4.69) is 12.1 Å². The molecule has 0 spiro atoms. The molecule has 0 fully saturated rings. The van der Waals surface area contributed by atoms with Crippen molar-refractivity contribution in [1.82, 2.24) is 0 Å². The lowest BCUT2D eigenvalue weighted by atomic mass is 10.1. The lowest BCUT2D eigenvalue weighted by molar-refractivity contribution is 0.918. The molecule has 0 atom stereocenters. The van der Waals surface area contributed by atoms with Crippen LogP contribution in [0.15, 0.2) is 48.5 Å². The molecule has 0 bridgehead atoms. The van der Waals surface area contributed by atoms with Gasteiger partial charge in [-0.2, -0.15) is 10.5 Å². The van der Waals surface area contributed by atoms with E-state index in [1.807, 2.05) is 42.3 Å². The first-order chi connectivity index (χ1) is 9.26. The highest BCUT2D eigenvalue weighted by Gasteiger charge is 2.12. The Morgan fingerprint density at radius 3 is 2.00 bits per heavy atom. The quantitative estimate of drug-likeness (QED) is 0.837. The molecule has 0 saturated heterocycles. The molecule has 0 aliphatic rings. The molecule has 0 saturated carbocycles. The summed E-state index contributed by atoms with van der Waals surface area (Å²) in [6.07, 6.45) is 0. The molecule has 0 aromatic heterocycles. The average Bonchev–Trinajstić information content (AvgIpc) is 2.47. The van der Waals surface area contributed by atoms with Crippen LogP contribution >= 0.6 is 0 Å². The van der Waals surface area contributed by atoms with E-state index in [1.54, 1.807) is 18.2 Å². The number of hydrogen-bond acceptors (Lipinski definition) is 3. The summed E-state index contributed by atoms with van der Waals surface area (Å²) >= 11 is 0. The van der Waals surface area contributed by atoms with Gasteiger partial charge in [0.2, 0.25) is 0 Å². The highest BCUT2D eigenvalue weighted by Crippen LogP contribution is 2.25. The van der Waals surface area contributed by atoms with E-state index in [0.717, 1.165) is 5.56 Å². The lowest BCUT2D eigenvalue weighted by Crippen LogP contribution is -2.18. The van der Waals surface area contributed by atoms with Gasteiger partial charge in [-0.3, -0.25) is 0 Å². The minimum absolute atomic E-state index is 0.525. The van der Waals surface area contributed by atoms with Gasteiger partial charge >= 0.3 is 0 Å². The van der Waals surface area contributed by atoms with E-state index in [1.165, 1.54) is 0 Å². The number of hydrogen-bond donors (Lipinski definition) is 0. The van der Waals surface area contributed by atoms with Gasteiger partial charge in [0.1, 0.15) is 12.1 Å². The van der Waals surface area contributed by atoms with Crippen molar-refractivity contribution in [2.45, 2.75) is 6.54 Å². The zero-order valence-corrected chi connectivity index (χ0v) is 10.7. The Kier molecular flexibility index (Phi) is 3.81. The van der Waals surface area contributed by atoms with Crippen molar-refractivity contribution in [3.8, 4) is 12.1 Å². The van der Waals surface area contributed by atoms with Crippen molar-refractivity contribution in [1.29, 1.82) is 10.5 Å². The van der Waals surface area contributed by atoms with E-state index in [0.29, 0.717) is 23.4 Å². The maximum Gasteiger partial charge on any atom is 0.101 e. The lowest BCUT2D eigenvalue weighted by Gasteiger charge is -2.21. The molecule has 2 rings (SSSR count). The molecule has 3 heteroatoms. The highest BCUT2D eigenvalue weighted by molar-refractivity contribution is 5.67. The van der Waals surface area contributed by atoms with E-state index in [9.17, 15) is 0 Å². The van der Waals surface area contributed by atoms with Crippen LogP contribution in [0, 0.1) is 22.7 Å². The molecule has 0 unspecified atom stereocenters. The maximum absolute atomic E-state index is 9.17. The molecule has 0 N–H and O–H groups in total. The monoisotopic (exact) mass is 247 g/mol. The van der Waals surface area contributed by atoms with Crippen LogP contribution in [0.1, 0.15) is 16.7 Å². The van der Waals surface area contributed by atoms with Crippen LogP contribution in [0.3, 0.4) is 0 Å². The first-order valence-electron chi connectivity index (χ1n) is 5.94. The second-order valence-corrected chi connectivity index (χ2v) is 4.27. The van der Waals surface area contributed by atoms with Crippen molar-refractivity contribution in [2.24, 2.45) is 0 Å². The second-order valence-electron chi connectivity index (χ2n) is 4.27. The Morgan fingerprint density at radius 1 is 0.895 bits per heavy atom. The molecule has 0 radical (unpaired) electrons. The standard InChI is InChI=1S/C16H13N3/c1-19(12-13-6-3-2-4-7-13)16-14(10-17)8-5-9-15(16)11-18/h2-9H,12H2,1H3. The van der Waals surface area contributed by atoms with Crippen molar-refractivity contribution in [3.63, 3.8) is 0 Å². The summed E-state index contributed by atoms with van der Waals surface area (Å²) in [5, 5.41) is 18.3. The first kappa shape index (κ1) is 12.7. The molecule has 92 valence electrons.